The zero-order valence-corrected chi connectivity index (χ0v) is 18.7. The Hall–Kier alpha value is -3.40. The van der Waals surface area contributed by atoms with Gasteiger partial charge in [0.1, 0.15) is 5.82 Å². The summed E-state index contributed by atoms with van der Waals surface area (Å²) in [7, 11) is -3.59. The minimum absolute atomic E-state index is 0.0462. The molecular weight excluding hydrogens is 430 g/mol. The van der Waals surface area contributed by atoms with Crippen molar-refractivity contribution in [1.82, 2.24) is 14.9 Å². The average Bonchev–Trinajstić information content (AvgIpc) is 3.17. The lowest BCUT2D eigenvalue weighted by Crippen LogP contribution is -2.39. The summed E-state index contributed by atoms with van der Waals surface area (Å²) < 4.78 is 26.0. The van der Waals surface area contributed by atoms with Crippen molar-refractivity contribution in [2.24, 2.45) is 0 Å². The van der Waals surface area contributed by atoms with Crippen molar-refractivity contribution >= 4 is 44.2 Å². The van der Waals surface area contributed by atoms with Crippen LogP contribution in [0.1, 0.15) is 41.9 Å². The van der Waals surface area contributed by atoms with Gasteiger partial charge in [-0.3, -0.25) is 14.3 Å². The molecule has 1 aliphatic rings. The summed E-state index contributed by atoms with van der Waals surface area (Å²) in [6.45, 7) is 2.38. The van der Waals surface area contributed by atoms with E-state index >= 15 is 0 Å². The van der Waals surface area contributed by atoms with Crippen LogP contribution in [0.2, 0.25) is 0 Å². The number of fused-ring (bicyclic) bond motifs is 1. The number of para-hydroxylation sites is 2. The number of carbonyl (C=O) groups excluding carboxylic acids is 2. The maximum Gasteiger partial charge on any atom is 0.256 e. The lowest BCUT2D eigenvalue weighted by Gasteiger charge is -2.32. The van der Waals surface area contributed by atoms with Crippen LogP contribution >= 0.6 is 0 Å². The van der Waals surface area contributed by atoms with Gasteiger partial charge in [0, 0.05) is 31.6 Å². The summed E-state index contributed by atoms with van der Waals surface area (Å²) in [4.78, 5) is 34.6. The van der Waals surface area contributed by atoms with Crippen LogP contribution in [0, 0.1) is 0 Å². The Labute approximate surface area is 186 Å². The zero-order valence-electron chi connectivity index (χ0n) is 17.9. The molecule has 0 bridgehead atoms. The van der Waals surface area contributed by atoms with Crippen molar-refractivity contribution in [2.75, 3.05) is 29.4 Å². The third-order valence-corrected chi connectivity index (χ3v) is 5.96. The topological polar surface area (TPSA) is 124 Å². The van der Waals surface area contributed by atoms with Crippen molar-refractivity contribution in [3.8, 4) is 0 Å². The molecule has 2 amide bonds. The zero-order chi connectivity index (χ0) is 22.9. The van der Waals surface area contributed by atoms with E-state index in [9.17, 15) is 18.0 Å². The number of aromatic nitrogens is 2. The molecular formula is C22H25N5O4S. The number of hydrogen-bond acceptors (Lipinski definition) is 5. The highest BCUT2D eigenvalue weighted by Gasteiger charge is 2.29. The third-order valence-electron chi connectivity index (χ3n) is 5.37. The fraction of sp³-hybridized carbons (Fsp3) is 0.318. The number of nitrogens with zero attached hydrogens (tertiary/aromatic N) is 2. The van der Waals surface area contributed by atoms with Crippen molar-refractivity contribution in [1.29, 1.82) is 0 Å². The highest BCUT2D eigenvalue weighted by atomic mass is 32.2. The third kappa shape index (κ3) is 4.91. The summed E-state index contributed by atoms with van der Waals surface area (Å²) in [5.74, 6) is 0.300. The van der Waals surface area contributed by atoms with Crippen molar-refractivity contribution in [3.63, 3.8) is 0 Å². The van der Waals surface area contributed by atoms with Gasteiger partial charge in [-0.05, 0) is 43.2 Å². The molecule has 168 valence electrons. The summed E-state index contributed by atoms with van der Waals surface area (Å²) >= 11 is 0. The highest BCUT2D eigenvalue weighted by molar-refractivity contribution is 7.92. The van der Waals surface area contributed by atoms with Gasteiger partial charge in [-0.2, -0.15) is 0 Å². The monoisotopic (exact) mass is 455 g/mol. The van der Waals surface area contributed by atoms with Gasteiger partial charge in [0.25, 0.3) is 5.91 Å². The Kier molecular flexibility index (Phi) is 5.88. The molecule has 0 spiro atoms. The average molecular weight is 456 g/mol. The fourth-order valence-electron chi connectivity index (χ4n) is 4.01. The van der Waals surface area contributed by atoms with E-state index in [1.54, 1.807) is 11.0 Å². The lowest BCUT2D eigenvalue weighted by molar-refractivity contribution is -0.114. The van der Waals surface area contributed by atoms with E-state index in [1.807, 2.05) is 24.3 Å². The van der Waals surface area contributed by atoms with E-state index in [0.717, 1.165) is 36.0 Å². The SMILES string of the molecule is CC(=O)Nc1ccc(NS(C)(=O)=O)c(C(=O)N2CCCC(c3nc4ccccc4[nH]3)C2)c1. The molecule has 2 heterocycles. The number of benzene rings is 2. The number of aromatic amines is 1. The lowest BCUT2D eigenvalue weighted by atomic mass is 9.96. The summed E-state index contributed by atoms with van der Waals surface area (Å²) in [5, 5.41) is 2.64. The molecule has 1 unspecified atom stereocenters. The maximum atomic E-state index is 13.4. The molecule has 0 saturated carbocycles. The summed E-state index contributed by atoms with van der Waals surface area (Å²) in [6.07, 6.45) is 2.72. The number of anilines is 2. The number of likely N-dealkylation sites (tertiary alicyclic amines) is 1. The number of piperidine rings is 1. The molecule has 9 nitrogen and oxygen atoms in total. The van der Waals surface area contributed by atoms with Crippen LogP contribution in [0.4, 0.5) is 11.4 Å². The minimum Gasteiger partial charge on any atom is -0.342 e. The largest absolute Gasteiger partial charge is 0.342 e. The second-order valence-corrected chi connectivity index (χ2v) is 9.79. The maximum absolute atomic E-state index is 13.4. The van der Waals surface area contributed by atoms with Gasteiger partial charge in [-0.15, -0.1) is 0 Å². The van der Waals surface area contributed by atoms with Crippen LogP contribution in [0.25, 0.3) is 11.0 Å². The van der Waals surface area contributed by atoms with Crippen LogP contribution in [-0.4, -0.2) is 54.4 Å². The smallest absolute Gasteiger partial charge is 0.256 e. The first-order valence-corrected chi connectivity index (χ1v) is 12.2. The van der Waals surface area contributed by atoms with Gasteiger partial charge in [-0.25, -0.2) is 13.4 Å². The number of imidazole rings is 1. The van der Waals surface area contributed by atoms with Crippen LogP contribution in [0.5, 0.6) is 0 Å². The molecule has 1 fully saturated rings. The van der Waals surface area contributed by atoms with Gasteiger partial charge in [0.15, 0.2) is 0 Å². The number of sulfonamides is 1. The van der Waals surface area contributed by atoms with E-state index in [4.69, 9.17) is 0 Å². The van der Waals surface area contributed by atoms with E-state index in [1.165, 1.54) is 19.1 Å². The highest BCUT2D eigenvalue weighted by Crippen LogP contribution is 2.30. The molecule has 3 N–H and O–H groups in total. The number of nitrogens with one attached hydrogen (secondary N) is 3. The van der Waals surface area contributed by atoms with Crippen molar-refractivity contribution in [3.05, 3.63) is 53.9 Å². The Bertz CT molecular complexity index is 1250. The van der Waals surface area contributed by atoms with Gasteiger partial charge >= 0.3 is 0 Å². The molecule has 4 rings (SSSR count). The molecule has 1 saturated heterocycles. The van der Waals surface area contributed by atoms with Crippen LogP contribution in [0.3, 0.4) is 0 Å². The van der Waals surface area contributed by atoms with Crippen molar-refractivity contribution in [2.45, 2.75) is 25.7 Å². The van der Waals surface area contributed by atoms with Crippen molar-refractivity contribution < 1.29 is 18.0 Å². The Morgan fingerprint density at radius 2 is 1.97 bits per heavy atom. The normalized spacial score (nSPS) is 16.7. The first-order chi connectivity index (χ1) is 15.2. The number of hydrogen-bond donors (Lipinski definition) is 3. The summed E-state index contributed by atoms with van der Waals surface area (Å²) in [5.41, 5.74) is 2.62. The second-order valence-electron chi connectivity index (χ2n) is 8.05. The first-order valence-electron chi connectivity index (χ1n) is 10.3. The van der Waals surface area contributed by atoms with Gasteiger partial charge in [0.05, 0.1) is 28.5 Å². The Morgan fingerprint density at radius 3 is 2.69 bits per heavy atom. The van der Waals surface area contributed by atoms with E-state index in [2.05, 4.69) is 20.0 Å². The summed E-state index contributed by atoms with van der Waals surface area (Å²) in [6, 6.07) is 12.3. The molecule has 3 aromatic rings. The van der Waals surface area contributed by atoms with Gasteiger partial charge in [-0.1, -0.05) is 12.1 Å². The van der Waals surface area contributed by atoms with E-state index in [-0.39, 0.29) is 29.0 Å². The standard InChI is InChI=1S/C22H25N5O4S/c1-14(28)23-16-9-10-18(26-32(2,30)31)17(12-16)22(29)27-11-5-6-15(13-27)21-24-19-7-3-4-8-20(19)25-21/h3-4,7-10,12,15,26H,5-6,11,13H2,1-2H3,(H,23,28)(H,24,25). The van der Waals surface area contributed by atoms with E-state index in [0.29, 0.717) is 18.8 Å². The van der Waals surface area contributed by atoms with Gasteiger partial charge < -0.3 is 15.2 Å². The Morgan fingerprint density at radius 1 is 1.19 bits per heavy atom. The Balaban J connectivity index is 1.62. The van der Waals surface area contributed by atoms with Gasteiger partial charge in [0.2, 0.25) is 15.9 Å². The first kappa shape index (κ1) is 21.8. The predicted octanol–water partition coefficient (Wildman–Crippen LogP) is 2.91. The number of rotatable bonds is 5. The molecule has 1 aliphatic heterocycles. The number of H-pyrrole nitrogens is 1. The van der Waals surface area contributed by atoms with E-state index < -0.39 is 10.0 Å². The molecule has 0 radical (unpaired) electrons. The second kappa shape index (κ2) is 8.62. The van der Waals surface area contributed by atoms with Crippen LogP contribution in [-0.2, 0) is 14.8 Å². The predicted molar refractivity (Wildman–Crippen MR) is 123 cm³/mol. The number of amides is 2. The molecule has 2 aromatic carbocycles. The fourth-order valence-corrected chi connectivity index (χ4v) is 4.59. The van der Waals surface area contributed by atoms with Crippen LogP contribution < -0.4 is 10.0 Å². The molecule has 1 aromatic heterocycles. The minimum atomic E-state index is -3.59. The molecule has 10 heteroatoms. The van der Waals surface area contributed by atoms with Crippen LogP contribution in [0.15, 0.2) is 42.5 Å². The molecule has 0 aliphatic carbocycles. The quantitative estimate of drug-likeness (QED) is 0.546. The number of carbonyl (C=O) groups is 2. The molecule has 1 atom stereocenters. The molecule has 32 heavy (non-hydrogen) atoms.